The third-order valence-electron chi connectivity index (χ3n) is 9.97. The van der Waals surface area contributed by atoms with Gasteiger partial charge in [-0.3, -0.25) is 19.3 Å². The lowest BCUT2D eigenvalue weighted by Gasteiger charge is -2.53. The zero-order chi connectivity index (χ0) is 30.0. The number of hydrogen-bond acceptors (Lipinski definition) is 10. The second kappa shape index (κ2) is 10.7. The van der Waals surface area contributed by atoms with Gasteiger partial charge in [-0.2, -0.15) is 0 Å². The van der Waals surface area contributed by atoms with Gasteiger partial charge in [-0.05, 0) is 63.5 Å². The molecule has 0 bridgehead atoms. The number of likely N-dealkylation sites (N-methyl/N-ethyl adjacent to an activating group) is 1. The van der Waals surface area contributed by atoms with E-state index in [9.17, 15) is 39.9 Å². The number of aliphatic hydroxyl groups is 4. The lowest BCUT2D eigenvalue weighted by molar-refractivity contribution is -0.169. The SMILES string of the molecule is CCC1CCN(CCC(=O)C2=C(O)C3(O)C(=O)C4=C(O)c5c(O)cccc5C(C)C4C(O)C3C(N(C)C)C2=O)CC1. The number of aliphatic hydroxyl groups excluding tert-OH is 3. The fraction of sp³-hybridized carbons (Fsp3) is 0.581. The van der Waals surface area contributed by atoms with Crippen LogP contribution in [0.3, 0.4) is 0 Å². The summed E-state index contributed by atoms with van der Waals surface area (Å²) in [7, 11) is 3.09. The van der Waals surface area contributed by atoms with Crippen molar-refractivity contribution in [3.8, 4) is 5.75 Å². The normalized spacial score (nSPS) is 32.7. The van der Waals surface area contributed by atoms with E-state index in [1.165, 1.54) is 11.0 Å². The van der Waals surface area contributed by atoms with Crippen molar-refractivity contribution in [1.29, 1.82) is 0 Å². The first-order valence-electron chi connectivity index (χ1n) is 14.5. The summed E-state index contributed by atoms with van der Waals surface area (Å²) in [5.41, 5.74) is -3.32. The monoisotopic (exact) mass is 568 g/mol. The third kappa shape index (κ3) is 4.34. The Kier molecular flexibility index (Phi) is 7.65. The van der Waals surface area contributed by atoms with Gasteiger partial charge in [0.1, 0.15) is 22.8 Å². The van der Waals surface area contributed by atoms with E-state index in [0.717, 1.165) is 32.4 Å². The molecule has 1 saturated carbocycles. The molecule has 1 saturated heterocycles. The summed E-state index contributed by atoms with van der Waals surface area (Å²) in [6, 6.07) is 3.31. The van der Waals surface area contributed by atoms with Crippen LogP contribution in [-0.4, -0.2) is 104 Å². The van der Waals surface area contributed by atoms with Crippen LogP contribution in [0.4, 0.5) is 0 Å². The first-order chi connectivity index (χ1) is 19.4. The second-order valence-corrected chi connectivity index (χ2v) is 12.3. The Morgan fingerprint density at radius 3 is 2.39 bits per heavy atom. The molecule has 0 amide bonds. The van der Waals surface area contributed by atoms with E-state index < -0.39 is 69.9 Å². The average molecular weight is 569 g/mol. The minimum absolute atomic E-state index is 0.0107. The standard InChI is InChI=1S/C31H40N2O8/c1-5-16-9-12-33(13-10-16)14-11-19(35)22-28(38)25(32(3)4)24-27(37)20-15(2)17-7-6-8-18(34)21(17)26(36)23(20)30(40)31(24,41)29(22)39/h6-8,15-16,20,24-25,27,34,36-37,39,41H,5,9-14H2,1-4H3. The molecule has 1 aliphatic heterocycles. The van der Waals surface area contributed by atoms with Crippen molar-refractivity contribution in [2.24, 2.45) is 17.8 Å². The van der Waals surface area contributed by atoms with Gasteiger partial charge in [0.05, 0.1) is 23.6 Å². The number of ketones is 3. The van der Waals surface area contributed by atoms with E-state index in [0.29, 0.717) is 18.0 Å². The first kappa shape index (κ1) is 29.4. The molecule has 0 spiro atoms. The highest BCUT2D eigenvalue weighted by Gasteiger charge is 2.68. The molecule has 4 aliphatic rings. The van der Waals surface area contributed by atoms with E-state index in [-0.39, 0.29) is 23.3 Å². The Bertz CT molecular complexity index is 1340. The number of phenols is 1. The summed E-state index contributed by atoms with van der Waals surface area (Å²) < 4.78 is 0. The van der Waals surface area contributed by atoms with Crippen molar-refractivity contribution in [3.05, 3.63) is 46.2 Å². The molecule has 1 aromatic carbocycles. The predicted molar refractivity (Wildman–Crippen MR) is 150 cm³/mol. The van der Waals surface area contributed by atoms with Crippen molar-refractivity contribution >= 4 is 23.1 Å². The molecule has 10 heteroatoms. The highest BCUT2D eigenvalue weighted by Crippen LogP contribution is 2.56. The summed E-state index contributed by atoms with van der Waals surface area (Å²) in [6.07, 6.45) is 1.49. The Labute approximate surface area is 239 Å². The zero-order valence-corrected chi connectivity index (χ0v) is 24.0. The number of likely N-dealkylation sites (tertiary alicyclic amines) is 1. The molecule has 0 radical (unpaired) electrons. The maximum absolute atomic E-state index is 14.2. The molecule has 5 rings (SSSR count). The number of piperidine rings is 1. The number of hydrogen-bond donors (Lipinski definition) is 5. The second-order valence-electron chi connectivity index (χ2n) is 12.3. The van der Waals surface area contributed by atoms with Gasteiger partial charge < -0.3 is 30.4 Å². The van der Waals surface area contributed by atoms with Crippen LogP contribution < -0.4 is 0 Å². The van der Waals surface area contributed by atoms with Crippen LogP contribution in [0.1, 0.15) is 56.6 Å². The van der Waals surface area contributed by atoms with Crippen LogP contribution in [0.25, 0.3) is 5.76 Å². The van der Waals surface area contributed by atoms with Gasteiger partial charge in [0.25, 0.3) is 0 Å². The Morgan fingerprint density at radius 2 is 1.78 bits per heavy atom. The zero-order valence-electron chi connectivity index (χ0n) is 24.0. The van der Waals surface area contributed by atoms with Crippen molar-refractivity contribution < 1.29 is 39.9 Å². The molecule has 1 heterocycles. The largest absolute Gasteiger partial charge is 0.508 e. The van der Waals surface area contributed by atoms with Gasteiger partial charge in [-0.1, -0.05) is 32.4 Å². The number of carbonyl (C=O) groups excluding carboxylic acids is 3. The molecule has 2 fully saturated rings. The van der Waals surface area contributed by atoms with E-state index >= 15 is 0 Å². The first-order valence-corrected chi connectivity index (χ1v) is 14.5. The number of carbonyl (C=O) groups is 3. The van der Waals surface area contributed by atoms with Crippen molar-refractivity contribution in [2.75, 3.05) is 33.7 Å². The van der Waals surface area contributed by atoms with Crippen LogP contribution in [0.15, 0.2) is 35.1 Å². The van der Waals surface area contributed by atoms with E-state index in [4.69, 9.17) is 0 Å². The van der Waals surface area contributed by atoms with Gasteiger partial charge in [-0.15, -0.1) is 0 Å². The molecule has 3 aliphatic carbocycles. The maximum atomic E-state index is 14.2. The van der Waals surface area contributed by atoms with Crippen LogP contribution in [0.2, 0.25) is 0 Å². The number of phenolic OH excluding ortho intramolecular Hbond substituents is 1. The highest BCUT2D eigenvalue weighted by molar-refractivity contribution is 6.25. The van der Waals surface area contributed by atoms with Crippen LogP contribution >= 0.6 is 0 Å². The summed E-state index contributed by atoms with van der Waals surface area (Å²) >= 11 is 0. The molecule has 6 atom stereocenters. The molecular formula is C31H40N2O8. The van der Waals surface area contributed by atoms with Gasteiger partial charge >= 0.3 is 0 Å². The van der Waals surface area contributed by atoms with Gasteiger partial charge in [0.2, 0.25) is 5.78 Å². The Hall–Kier alpha value is -3.05. The summed E-state index contributed by atoms with van der Waals surface area (Å²) in [4.78, 5) is 45.0. The summed E-state index contributed by atoms with van der Waals surface area (Å²) in [6.45, 7) is 5.89. The topological polar surface area (TPSA) is 159 Å². The molecule has 41 heavy (non-hydrogen) atoms. The Balaban J connectivity index is 1.57. The number of benzene rings is 1. The van der Waals surface area contributed by atoms with Gasteiger partial charge in [0, 0.05) is 24.5 Å². The average Bonchev–Trinajstić information content (AvgIpc) is 2.94. The van der Waals surface area contributed by atoms with Gasteiger partial charge in [-0.25, -0.2) is 0 Å². The van der Waals surface area contributed by atoms with Gasteiger partial charge in [0.15, 0.2) is 17.2 Å². The molecule has 1 aromatic rings. The molecular weight excluding hydrogens is 528 g/mol. The number of aromatic hydroxyl groups is 1. The maximum Gasteiger partial charge on any atom is 0.202 e. The summed E-state index contributed by atoms with van der Waals surface area (Å²) in [5.74, 6) is -7.00. The fourth-order valence-corrected chi connectivity index (χ4v) is 7.61. The van der Waals surface area contributed by atoms with Crippen LogP contribution in [0, 0.1) is 17.8 Å². The minimum Gasteiger partial charge on any atom is -0.508 e. The predicted octanol–water partition coefficient (Wildman–Crippen LogP) is 2.09. The lowest BCUT2D eigenvalue weighted by Crippen LogP contribution is -2.70. The number of nitrogens with zero attached hydrogens (tertiary/aromatic N) is 2. The van der Waals surface area contributed by atoms with E-state index in [1.54, 1.807) is 33.2 Å². The smallest absolute Gasteiger partial charge is 0.202 e. The quantitative estimate of drug-likeness (QED) is 0.322. The van der Waals surface area contributed by atoms with Crippen molar-refractivity contribution in [1.82, 2.24) is 9.80 Å². The van der Waals surface area contributed by atoms with Crippen LogP contribution in [-0.2, 0) is 14.4 Å². The third-order valence-corrected chi connectivity index (χ3v) is 9.97. The van der Waals surface area contributed by atoms with Crippen molar-refractivity contribution in [3.63, 3.8) is 0 Å². The number of rotatable bonds is 6. The molecule has 10 nitrogen and oxygen atoms in total. The molecule has 0 aromatic heterocycles. The minimum atomic E-state index is -2.84. The lowest BCUT2D eigenvalue weighted by atomic mass is 9.54. The Morgan fingerprint density at radius 1 is 1.12 bits per heavy atom. The molecule has 222 valence electrons. The van der Waals surface area contributed by atoms with E-state index in [1.807, 2.05) is 0 Å². The van der Waals surface area contributed by atoms with E-state index in [2.05, 4.69) is 11.8 Å². The number of fused-ring (bicyclic) bond motifs is 3. The van der Waals surface area contributed by atoms with Crippen LogP contribution in [0.5, 0.6) is 5.75 Å². The highest BCUT2D eigenvalue weighted by atomic mass is 16.4. The molecule has 6 unspecified atom stereocenters. The van der Waals surface area contributed by atoms with Crippen molar-refractivity contribution in [2.45, 2.75) is 63.2 Å². The fourth-order valence-electron chi connectivity index (χ4n) is 7.61. The summed E-state index contributed by atoms with van der Waals surface area (Å²) in [5, 5.41) is 56.9. The molecule has 5 N–H and O–H groups in total. The number of Topliss-reactive ketones (excluding diaryl/α,β-unsaturated/α-hetero) is 3.